The Bertz CT molecular complexity index is 175. The predicted molar refractivity (Wildman–Crippen MR) is 54.0 cm³/mol. The van der Waals surface area contributed by atoms with Gasteiger partial charge in [0.25, 0.3) is 6.43 Å². The normalized spacial score (nSPS) is 11.1. The van der Waals surface area contributed by atoms with Crippen molar-refractivity contribution in [3.8, 4) is 0 Å². The highest BCUT2D eigenvalue weighted by atomic mass is 19.3. The monoisotopic (exact) mass is 223 g/mol. The van der Waals surface area contributed by atoms with Gasteiger partial charge in [0.15, 0.2) is 0 Å². The minimum absolute atomic E-state index is 0.192. The van der Waals surface area contributed by atoms with E-state index in [2.05, 4.69) is 5.32 Å². The zero-order valence-corrected chi connectivity index (χ0v) is 9.26. The van der Waals surface area contributed by atoms with Gasteiger partial charge in [0, 0.05) is 13.0 Å². The van der Waals surface area contributed by atoms with E-state index in [1.54, 1.807) is 0 Å². The third-order valence-corrected chi connectivity index (χ3v) is 1.70. The van der Waals surface area contributed by atoms with E-state index in [0.29, 0.717) is 13.0 Å². The molecule has 0 unspecified atom stereocenters. The number of hydrogen-bond acceptors (Lipinski definition) is 2. The lowest BCUT2D eigenvalue weighted by Gasteiger charge is -2.07. The van der Waals surface area contributed by atoms with Crippen molar-refractivity contribution in [1.82, 2.24) is 5.32 Å². The number of ether oxygens (including phenoxy) is 1. The van der Waals surface area contributed by atoms with Crippen LogP contribution in [0.15, 0.2) is 0 Å². The number of nitrogens with one attached hydrogen (secondary N) is 1. The summed E-state index contributed by atoms with van der Waals surface area (Å²) in [4.78, 5) is 11.0. The summed E-state index contributed by atoms with van der Waals surface area (Å²) < 4.78 is 28.7. The van der Waals surface area contributed by atoms with Crippen LogP contribution in [0.4, 0.5) is 8.78 Å². The molecule has 0 fully saturated rings. The molecule has 0 heterocycles. The lowest BCUT2D eigenvalue weighted by molar-refractivity contribution is -0.121. The van der Waals surface area contributed by atoms with Crippen LogP contribution < -0.4 is 5.32 Å². The van der Waals surface area contributed by atoms with E-state index in [0.717, 1.165) is 6.42 Å². The van der Waals surface area contributed by atoms with Gasteiger partial charge in [-0.25, -0.2) is 8.78 Å². The number of amides is 1. The number of halogens is 2. The van der Waals surface area contributed by atoms with Crippen LogP contribution in [0, 0.1) is 0 Å². The average Bonchev–Trinajstić information content (AvgIpc) is 2.13. The molecule has 0 aliphatic carbocycles. The molecule has 1 amide bonds. The first-order chi connectivity index (χ1) is 7.02. The molecule has 0 saturated heterocycles. The van der Waals surface area contributed by atoms with Crippen molar-refractivity contribution in [3.05, 3.63) is 0 Å². The molecule has 0 aromatic rings. The standard InChI is InChI=1S/C10H19F2NO2/c1-8(2)15-6-4-3-5-10(14)13-7-9(11)12/h8-9H,3-7H2,1-2H3,(H,13,14). The van der Waals surface area contributed by atoms with Crippen LogP contribution in [-0.2, 0) is 9.53 Å². The SMILES string of the molecule is CC(C)OCCCCC(=O)NCC(F)F. The van der Waals surface area contributed by atoms with Gasteiger partial charge in [-0.15, -0.1) is 0 Å². The highest BCUT2D eigenvalue weighted by Gasteiger charge is 2.05. The summed E-state index contributed by atoms with van der Waals surface area (Å²) in [5.41, 5.74) is 0. The van der Waals surface area contributed by atoms with Crippen LogP contribution >= 0.6 is 0 Å². The largest absolute Gasteiger partial charge is 0.379 e. The second-order valence-corrected chi connectivity index (χ2v) is 3.57. The van der Waals surface area contributed by atoms with E-state index in [1.807, 2.05) is 13.8 Å². The minimum Gasteiger partial charge on any atom is -0.379 e. The maximum atomic E-state index is 11.7. The smallest absolute Gasteiger partial charge is 0.255 e. The third-order valence-electron chi connectivity index (χ3n) is 1.70. The van der Waals surface area contributed by atoms with Crippen LogP contribution in [0.3, 0.4) is 0 Å². The number of alkyl halides is 2. The van der Waals surface area contributed by atoms with Gasteiger partial charge < -0.3 is 10.1 Å². The van der Waals surface area contributed by atoms with Crippen LogP contribution in [0.5, 0.6) is 0 Å². The quantitative estimate of drug-likeness (QED) is 0.639. The lowest BCUT2D eigenvalue weighted by Crippen LogP contribution is -2.28. The molecule has 0 saturated carbocycles. The molecule has 0 aliphatic rings. The summed E-state index contributed by atoms with van der Waals surface area (Å²) >= 11 is 0. The molecule has 0 spiro atoms. The van der Waals surface area contributed by atoms with Crippen LogP contribution in [-0.4, -0.2) is 31.6 Å². The molecular formula is C10H19F2NO2. The van der Waals surface area contributed by atoms with Gasteiger partial charge in [-0.05, 0) is 26.7 Å². The highest BCUT2D eigenvalue weighted by molar-refractivity contribution is 5.75. The predicted octanol–water partition coefficient (Wildman–Crippen LogP) is 1.96. The van der Waals surface area contributed by atoms with Crippen LogP contribution in [0.1, 0.15) is 33.1 Å². The molecule has 15 heavy (non-hydrogen) atoms. The summed E-state index contributed by atoms with van der Waals surface area (Å²) in [5.74, 6) is -0.320. The fraction of sp³-hybridized carbons (Fsp3) is 0.900. The number of carbonyl (C=O) groups excluding carboxylic acids is 1. The molecule has 90 valence electrons. The highest BCUT2D eigenvalue weighted by Crippen LogP contribution is 1.98. The van der Waals surface area contributed by atoms with E-state index >= 15 is 0 Å². The van der Waals surface area contributed by atoms with Gasteiger partial charge in [0.1, 0.15) is 0 Å². The maximum Gasteiger partial charge on any atom is 0.255 e. The van der Waals surface area contributed by atoms with Gasteiger partial charge in [-0.2, -0.15) is 0 Å². The topological polar surface area (TPSA) is 38.3 Å². The van der Waals surface area contributed by atoms with Crippen molar-refractivity contribution in [1.29, 1.82) is 0 Å². The van der Waals surface area contributed by atoms with E-state index in [1.165, 1.54) is 0 Å². The Balaban J connectivity index is 3.24. The van der Waals surface area contributed by atoms with E-state index in [9.17, 15) is 13.6 Å². The summed E-state index contributed by atoms with van der Waals surface area (Å²) in [6, 6.07) is 0. The van der Waals surface area contributed by atoms with Crippen molar-refractivity contribution in [2.75, 3.05) is 13.2 Å². The fourth-order valence-corrected chi connectivity index (χ4v) is 0.986. The summed E-state index contributed by atoms with van der Waals surface area (Å²) in [6.07, 6.45) is -0.549. The number of hydrogen-bond donors (Lipinski definition) is 1. The Labute approximate surface area is 89.2 Å². The Morgan fingerprint density at radius 3 is 2.53 bits per heavy atom. The number of carbonyl (C=O) groups is 1. The Hall–Kier alpha value is -0.710. The van der Waals surface area contributed by atoms with Gasteiger partial charge >= 0.3 is 0 Å². The lowest BCUT2D eigenvalue weighted by atomic mass is 10.2. The zero-order chi connectivity index (χ0) is 11.7. The van der Waals surface area contributed by atoms with Gasteiger partial charge in [-0.1, -0.05) is 0 Å². The van der Waals surface area contributed by atoms with Crippen molar-refractivity contribution in [3.63, 3.8) is 0 Å². The first-order valence-corrected chi connectivity index (χ1v) is 5.18. The maximum absolute atomic E-state index is 11.7. The Morgan fingerprint density at radius 2 is 2.00 bits per heavy atom. The van der Waals surface area contributed by atoms with Gasteiger partial charge in [0.2, 0.25) is 5.91 Å². The number of unbranched alkanes of at least 4 members (excludes halogenated alkanes) is 1. The first kappa shape index (κ1) is 14.3. The molecule has 5 heteroatoms. The van der Waals surface area contributed by atoms with Crippen LogP contribution in [0.2, 0.25) is 0 Å². The van der Waals surface area contributed by atoms with Gasteiger partial charge in [0.05, 0.1) is 12.6 Å². The van der Waals surface area contributed by atoms with Crippen LogP contribution in [0.25, 0.3) is 0 Å². The van der Waals surface area contributed by atoms with Crippen molar-refractivity contribution >= 4 is 5.91 Å². The molecule has 0 aliphatic heterocycles. The van der Waals surface area contributed by atoms with E-state index in [-0.39, 0.29) is 18.4 Å². The van der Waals surface area contributed by atoms with Gasteiger partial charge in [-0.3, -0.25) is 4.79 Å². The van der Waals surface area contributed by atoms with Crippen molar-refractivity contribution in [2.24, 2.45) is 0 Å². The molecule has 0 bridgehead atoms. The molecule has 1 N–H and O–H groups in total. The molecule has 0 rings (SSSR count). The summed E-state index contributed by atoms with van der Waals surface area (Å²) in [5, 5.41) is 2.15. The molecule has 0 aromatic heterocycles. The fourth-order valence-electron chi connectivity index (χ4n) is 0.986. The van der Waals surface area contributed by atoms with E-state index < -0.39 is 13.0 Å². The zero-order valence-electron chi connectivity index (χ0n) is 9.26. The third kappa shape index (κ3) is 11.2. The molecule has 3 nitrogen and oxygen atoms in total. The number of rotatable bonds is 8. The molecular weight excluding hydrogens is 204 g/mol. The molecule has 0 atom stereocenters. The van der Waals surface area contributed by atoms with Crippen molar-refractivity contribution in [2.45, 2.75) is 45.6 Å². The molecule has 0 aromatic carbocycles. The second kappa shape index (κ2) is 8.59. The van der Waals surface area contributed by atoms with E-state index in [4.69, 9.17) is 4.74 Å². The van der Waals surface area contributed by atoms with Crippen molar-refractivity contribution < 1.29 is 18.3 Å². The molecule has 0 radical (unpaired) electrons. The first-order valence-electron chi connectivity index (χ1n) is 5.18. The second-order valence-electron chi connectivity index (χ2n) is 3.57. The Morgan fingerprint density at radius 1 is 1.33 bits per heavy atom. The summed E-state index contributed by atoms with van der Waals surface area (Å²) in [6.45, 7) is 3.94. The average molecular weight is 223 g/mol. The Kier molecular flexibility index (Phi) is 8.18. The minimum atomic E-state index is -2.47. The summed E-state index contributed by atoms with van der Waals surface area (Å²) in [7, 11) is 0.